The van der Waals surface area contributed by atoms with Crippen LogP contribution < -0.4 is 0 Å². The molecular weight excluding hydrogens is 228 g/mol. The maximum absolute atomic E-state index is 12.4. The molecule has 94 valence electrons. The minimum atomic E-state index is -1.00. The second-order valence-corrected chi connectivity index (χ2v) is 5.00. The maximum Gasteiger partial charge on any atom is 0.176 e. The Balaban J connectivity index is 2.38. The zero-order valence-electron chi connectivity index (χ0n) is 10.7. The van der Waals surface area contributed by atoms with Gasteiger partial charge in [0.1, 0.15) is 11.6 Å². The van der Waals surface area contributed by atoms with Gasteiger partial charge in [0.05, 0.1) is 5.41 Å². The number of fused-ring (bicyclic) bond motifs is 1. The van der Waals surface area contributed by atoms with E-state index in [4.69, 9.17) is 0 Å². The number of rotatable bonds is 4. The van der Waals surface area contributed by atoms with Crippen molar-refractivity contribution in [3.8, 4) is 0 Å². The molecule has 0 aliphatic heterocycles. The molecule has 0 saturated heterocycles. The fraction of sp³-hybridized carbons (Fsp3) is 0.400. The minimum Gasteiger partial charge on any atom is -0.300 e. The molecule has 0 heterocycles. The van der Waals surface area contributed by atoms with Gasteiger partial charge in [0.15, 0.2) is 5.78 Å². The third-order valence-electron chi connectivity index (χ3n) is 3.77. The van der Waals surface area contributed by atoms with Crippen LogP contribution in [0.15, 0.2) is 24.3 Å². The monoisotopic (exact) mass is 244 g/mol. The molecule has 2 rings (SSSR count). The number of hydrogen-bond acceptors (Lipinski definition) is 3. The van der Waals surface area contributed by atoms with Gasteiger partial charge in [0.2, 0.25) is 0 Å². The van der Waals surface area contributed by atoms with Gasteiger partial charge in [-0.15, -0.1) is 0 Å². The normalized spacial score (nSPS) is 21.8. The molecule has 1 aromatic rings. The highest BCUT2D eigenvalue weighted by Gasteiger charge is 2.48. The van der Waals surface area contributed by atoms with Gasteiger partial charge in [-0.3, -0.25) is 9.59 Å². The van der Waals surface area contributed by atoms with Crippen LogP contribution in [-0.2, 0) is 16.0 Å². The number of Topliss-reactive ketones (excluding diaryl/α,β-unsaturated/α-hetero) is 3. The average Bonchev–Trinajstić information content (AvgIpc) is 2.62. The van der Waals surface area contributed by atoms with Crippen LogP contribution in [0, 0.1) is 5.41 Å². The van der Waals surface area contributed by atoms with Crippen molar-refractivity contribution in [2.75, 3.05) is 0 Å². The molecule has 0 N–H and O–H groups in total. The molecule has 0 fully saturated rings. The first kappa shape index (κ1) is 12.7. The Morgan fingerprint density at radius 1 is 1.22 bits per heavy atom. The van der Waals surface area contributed by atoms with Gasteiger partial charge in [0.25, 0.3) is 0 Å². The van der Waals surface area contributed by atoms with E-state index in [1.165, 1.54) is 13.8 Å². The van der Waals surface area contributed by atoms with Crippen molar-refractivity contribution < 1.29 is 14.4 Å². The second-order valence-electron chi connectivity index (χ2n) is 5.00. The number of ketones is 3. The van der Waals surface area contributed by atoms with Gasteiger partial charge < -0.3 is 4.79 Å². The lowest BCUT2D eigenvalue weighted by Gasteiger charge is -2.23. The van der Waals surface area contributed by atoms with E-state index in [1.807, 2.05) is 12.1 Å². The van der Waals surface area contributed by atoms with Crippen molar-refractivity contribution >= 4 is 17.3 Å². The quantitative estimate of drug-likeness (QED) is 0.764. The van der Waals surface area contributed by atoms with E-state index >= 15 is 0 Å². The Bertz CT molecular complexity index is 530. The zero-order chi connectivity index (χ0) is 13.3. The molecule has 0 radical (unpaired) electrons. The summed E-state index contributed by atoms with van der Waals surface area (Å²) in [6.07, 6.45) is 1.04. The van der Waals surface area contributed by atoms with Crippen LogP contribution in [0.5, 0.6) is 0 Å². The van der Waals surface area contributed by atoms with Gasteiger partial charge in [-0.05, 0) is 32.3 Å². The van der Waals surface area contributed by atoms with E-state index in [9.17, 15) is 14.4 Å². The highest BCUT2D eigenvalue weighted by molar-refractivity contribution is 6.17. The molecular formula is C15H16O3. The smallest absolute Gasteiger partial charge is 0.176 e. The summed E-state index contributed by atoms with van der Waals surface area (Å²) < 4.78 is 0. The van der Waals surface area contributed by atoms with Crippen LogP contribution in [-0.4, -0.2) is 17.3 Å². The van der Waals surface area contributed by atoms with Gasteiger partial charge in [-0.2, -0.15) is 0 Å². The molecule has 18 heavy (non-hydrogen) atoms. The average molecular weight is 244 g/mol. The van der Waals surface area contributed by atoms with E-state index in [0.29, 0.717) is 18.4 Å². The molecule has 0 spiro atoms. The molecule has 1 aliphatic carbocycles. The summed E-state index contributed by atoms with van der Waals surface area (Å²) in [5.74, 6) is -0.240. The summed E-state index contributed by atoms with van der Waals surface area (Å²) in [6.45, 7) is 2.93. The predicted molar refractivity (Wildman–Crippen MR) is 67.5 cm³/mol. The summed E-state index contributed by atoms with van der Waals surface area (Å²) >= 11 is 0. The zero-order valence-corrected chi connectivity index (χ0v) is 10.7. The summed E-state index contributed by atoms with van der Waals surface area (Å²) in [4.78, 5) is 35.5. The Kier molecular flexibility index (Phi) is 3.16. The maximum atomic E-state index is 12.4. The molecule has 0 amide bonds. The van der Waals surface area contributed by atoms with Crippen LogP contribution in [0.2, 0.25) is 0 Å². The van der Waals surface area contributed by atoms with Crippen LogP contribution in [0.3, 0.4) is 0 Å². The summed E-state index contributed by atoms with van der Waals surface area (Å²) in [6, 6.07) is 7.31. The van der Waals surface area contributed by atoms with Crippen molar-refractivity contribution in [3.63, 3.8) is 0 Å². The third-order valence-corrected chi connectivity index (χ3v) is 3.77. The minimum absolute atomic E-state index is 0.0133. The second kappa shape index (κ2) is 4.48. The van der Waals surface area contributed by atoms with Gasteiger partial charge in [0, 0.05) is 12.0 Å². The molecule has 1 aliphatic rings. The first-order chi connectivity index (χ1) is 8.47. The fourth-order valence-corrected chi connectivity index (χ4v) is 2.61. The molecule has 3 nitrogen and oxygen atoms in total. The van der Waals surface area contributed by atoms with Crippen LogP contribution >= 0.6 is 0 Å². The highest BCUT2D eigenvalue weighted by atomic mass is 16.2. The fourth-order valence-electron chi connectivity index (χ4n) is 2.61. The SMILES string of the molecule is CC(=O)CC[C@@]1(C(C)=O)Cc2ccccc2C1=O. The van der Waals surface area contributed by atoms with Crippen molar-refractivity contribution in [1.82, 2.24) is 0 Å². The molecule has 1 atom stereocenters. The Morgan fingerprint density at radius 3 is 2.44 bits per heavy atom. The van der Waals surface area contributed by atoms with Gasteiger partial charge in [-0.1, -0.05) is 24.3 Å². The third kappa shape index (κ3) is 1.90. The Hall–Kier alpha value is -1.77. The van der Waals surface area contributed by atoms with E-state index in [0.717, 1.165) is 5.56 Å². The van der Waals surface area contributed by atoms with E-state index in [1.54, 1.807) is 12.1 Å². The number of benzene rings is 1. The lowest BCUT2D eigenvalue weighted by molar-refractivity contribution is -0.124. The molecule has 3 heteroatoms. The van der Waals surface area contributed by atoms with E-state index in [2.05, 4.69) is 0 Å². The lowest BCUT2D eigenvalue weighted by atomic mass is 9.75. The first-order valence-electron chi connectivity index (χ1n) is 6.10. The Morgan fingerprint density at radius 2 is 1.89 bits per heavy atom. The highest BCUT2D eigenvalue weighted by Crippen LogP contribution is 2.41. The van der Waals surface area contributed by atoms with Crippen molar-refractivity contribution in [2.24, 2.45) is 5.41 Å². The molecule has 1 aromatic carbocycles. The summed E-state index contributed by atoms with van der Waals surface area (Å²) in [5.41, 5.74) is 0.549. The van der Waals surface area contributed by atoms with Crippen molar-refractivity contribution in [2.45, 2.75) is 33.1 Å². The molecule has 0 bridgehead atoms. The van der Waals surface area contributed by atoms with E-state index in [-0.39, 0.29) is 23.8 Å². The first-order valence-corrected chi connectivity index (χ1v) is 6.10. The van der Waals surface area contributed by atoms with Crippen LogP contribution in [0.1, 0.15) is 42.6 Å². The molecule has 0 aromatic heterocycles. The number of hydrogen-bond donors (Lipinski definition) is 0. The topological polar surface area (TPSA) is 51.2 Å². The summed E-state index contributed by atoms with van der Waals surface area (Å²) in [7, 11) is 0. The molecule has 0 unspecified atom stereocenters. The summed E-state index contributed by atoms with van der Waals surface area (Å²) in [5, 5.41) is 0. The largest absolute Gasteiger partial charge is 0.300 e. The lowest BCUT2D eigenvalue weighted by Crippen LogP contribution is -2.36. The number of carbonyl (C=O) groups excluding carboxylic acids is 3. The predicted octanol–water partition coefficient (Wildman–Crippen LogP) is 2.37. The van der Waals surface area contributed by atoms with Crippen LogP contribution in [0.4, 0.5) is 0 Å². The van der Waals surface area contributed by atoms with Gasteiger partial charge in [-0.25, -0.2) is 0 Å². The Labute approximate surface area is 106 Å². The van der Waals surface area contributed by atoms with Gasteiger partial charge >= 0.3 is 0 Å². The van der Waals surface area contributed by atoms with Crippen molar-refractivity contribution in [1.29, 1.82) is 0 Å². The van der Waals surface area contributed by atoms with Crippen molar-refractivity contribution in [3.05, 3.63) is 35.4 Å². The molecule has 0 saturated carbocycles. The number of carbonyl (C=O) groups is 3. The standard InChI is InChI=1S/C15H16O3/c1-10(16)7-8-15(11(2)17)9-12-5-3-4-6-13(12)14(15)18/h3-6H,7-9H2,1-2H3/t15-/m0/s1. The van der Waals surface area contributed by atoms with E-state index < -0.39 is 5.41 Å². The van der Waals surface area contributed by atoms with Crippen LogP contribution in [0.25, 0.3) is 0 Å².